The second kappa shape index (κ2) is 3.70. The van der Waals surface area contributed by atoms with Crippen molar-refractivity contribution in [2.24, 2.45) is 0 Å². The van der Waals surface area contributed by atoms with Crippen LogP contribution < -0.4 is 0 Å². The fraction of sp³-hybridized carbons (Fsp3) is 0.778. The molecule has 1 unspecified atom stereocenters. The molecular formula is C9H15NO2. The topological polar surface area (TPSA) is 37.4 Å². The van der Waals surface area contributed by atoms with Gasteiger partial charge in [0.2, 0.25) is 5.91 Å². The summed E-state index contributed by atoms with van der Waals surface area (Å²) >= 11 is 0. The summed E-state index contributed by atoms with van der Waals surface area (Å²) in [5.41, 5.74) is 0. The van der Waals surface area contributed by atoms with Crippen LogP contribution in [0.5, 0.6) is 0 Å². The summed E-state index contributed by atoms with van der Waals surface area (Å²) in [5.74, 6) is 0.342. The molecule has 1 atom stereocenters. The van der Waals surface area contributed by atoms with E-state index in [0.717, 1.165) is 12.8 Å². The van der Waals surface area contributed by atoms with Gasteiger partial charge in [0.25, 0.3) is 0 Å². The summed E-state index contributed by atoms with van der Waals surface area (Å²) in [7, 11) is 1.77. The van der Waals surface area contributed by atoms with Gasteiger partial charge in [-0.3, -0.25) is 9.59 Å². The van der Waals surface area contributed by atoms with Gasteiger partial charge in [0.1, 0.15) is 5.78 Å². The Bertz CT molecular complexity index is 199. The number of hydrogen-bond acceptors (Lipinski definition) is 2. The van der Waals surface area contributed by atoms with Crippen LogP contribution in [0.3, 0.4) is 0 Å². The van der Waals surface area contributed by atoms with Crippen LogP contribution in [0.25, 0.3) is 0 Å². The SMILES string of the molecule is CC(=O)N(C)C1CCCC(=O)C1. The summed E-state index contributed by atoms with van der Waals surface area (Å²) < 4.78 is 0. The van der Waals surface area contributed by atoms with Gasteiger partial charge in [-0.1, -0.05) is 0 Å². The second-order valence-corrected chi connectivity index (χ2v) is 3.42. The molecule has 0 aliphatic heterocycles. The van der Waals surface area contributed by atoms with Crippen molar-refractivity contribution in [2.45, 2.75) is 38.6 Å². The normalized spacial score (nSPS) is 23.8. The Morgan fingerprint density at radius 2 is 2.25 bits per heavy atom. The molecule has 0 heterocycles. The number of Topliss-reactive ketones (excluding diaryl/α,β-unsaturated/α-hetero) is 1. The minimum Gasteiger partial charge on any atom is -0.343 e. The summed E-state index contributed by atoms with van der Waals surface area (Å²) in [6.45, 7) is 1.54. The highest BCUT2D eigenvalue weighted by Gasteiger charge is 2.23. The van der Waals surface area contributed by atoms with E-state index in [-0.39, 0.29) is 11.9 Å². The molecule has 0 N–H and O–H groups in total. The van der Waals surface area contributed by atoms with Crippen LogP contribution in [0.15, 0.2) is 0 Å². The maximum Gasteiger partial charge on any atom is 0.219 e. The average Bonchev–Trinajstić information content (AvgIpc) is 2.03. The summed E-state index contributed by atoms with van der Waals surface area (Å²) in [6.07, 6.45) is 3.15. The van der Waals surface area contributed by atoms with Crippen molar-refractivity contribution in [1.29, 1.82) is 0 Å². The Morgan fingerprint density at radius 1 is 1.58 bits per heavy atom. The maximum atomic E-state index is 11.1. The third kappa shape index (κ3) is 2.06. The van der Waals surface area contributed by atoms with Gasteiger partial charge < -0.3 is 4.90 Å². The van der Waals surface area contributed by atoms with E-state index < -0.39 is 0 Å². The molecule has 0 aromatic rings. The molecule has 0 radical (unpaired) electrons. The lowest BCUT2D eigenvalue weighted by atomic mass is 9.93. The van der Waals surface area contributed by atoms with Crippen LogP contribution in [0.4, 0.5) is 0 Å². The molecule has 3 nitrogen and oxygen atoms in total. The van der Waals surface area contributed by atoms with Crippen molar-refractivity contribution in [2.75, 3.05) is 7.05 Å². The van der Waals surface area contributed by atoms with E-state index in [1.807, 2.05) is 0 Å². The first-order chi connectivity index (χ1) is 5.61. The first kappa shape index (κ1) is 9.23. The lowest BCUT2D eigenvalue weighted by Gasteiger charge is -2.29. The monoisotopic (exact) mass is 169 g/mol. The van der Waals surface area contributed by atoms with Gasteiger partial charge in [-0.25, -0.2) is 0 Å². The Balaban J connectivity index is 2.51. The predicted octanol–water partition coefficient (Wildman–Crippen LogP) is 0.976. The fourth-order valence-corrected chi connectivity index (χ4v) is 1.59. The second-order valence-electron chi connectivity index (χ2n) is 3.42. The molecule has 12 heavy (non-hydrogen) atoms. The molecular weight excluding hydrogens is 154 g/mol. The van der Waals surface area contributed by atoms with Crippen molar-refractivity contribution in [3.63, 3.8) is 0 Å². The van der Waals surface area contributed by atoms with Crippen molar-refractivity contribution < 1.29 is 9.59 Å². The van der Waals surface area contributed by atoms with Gasteiger partial charge in [0.15, 0.2) is 0 Å². The molecule has 0 saturated heterocycles. The van der Waals surface area contributed by atoms with Crippen molar-refractivity contribution in [3.05, 3.63) is 0 Å². The highest BCUT2D eigenvalue weighted by Crippen LogP contribution is 2.18. The number of carbonyl (C=O) groups is 2. The Labute approximate surface area is 72.7 Å². The van der Waals surface area contributed by atoms with Crippen molar-refractivity contribution in [3.8, 4) is 0 Å². The molecule has 1 fully saturated rings. The molecule has 0 aromatic carbocycles. The van der Waals surface area contributed by atoms with E-state index in [1.54, 1.807) is 18.9 Å². The number of rotatable bonds is 1. The van der Waals surface area contributed by atoms with E-state index >= 15 is 0 Å². The summed E-state index contributed by atoms with van der Waals surface area (Å²) in [6, 6.07) is 0.156. The van der Waals surface area contributed by atoms with Crippen LogP contribution in [-0.2, 0) is 9.59 Å². The third-order valence-corrected chi connectivity index (χ3v) is 2.50. The number of carbonyl (C=O) groups excluding carboxylic acids is 2. The van der Waals surface area contributed by atoms with Gasteiger partial charge in [-0.2, -0.15) is 0 Å². The lowest BCUT2D eigenvalue weighted by molar-refractivity contribution is -0.131. The van der Waals surface area contributed by atoms with Crippen molar-refractivity contribution >= 4 is 11.7 Å². The summed E-state index contributed by atoms with van der Waals surface area (Å²) in [5, 5.41) is 0. The number of nitrogens with zero attached hydrogens (tertiary/aromatic N) is 1. The lowest BCUT2D eigenvalue weighted by Crippen LogP contribution is -2.38. The standard InChI is InChI=1S/C9H15NO2/c1-7(11)10(2)8-4-3-5-9(12)6-8/h8H,3-6H2,1-2H3. The first-order valence-electron chi connectivity index (χ1n) is 4.36. The predicted molar refractivity (Wildman–Crippen MR) is 45.7 cm³/mol. The van der Waals surface area contributed by atoms with Crippen molar-refractivity contribution in [1.82, 2.24) is 4.90 Å². The van der Waals surface area contributed by atoms with E-state index in [0.29, 0.717) is 18.6 Å². The zero-order chi connectivity index (χ0) is 9.14. The number of hydrogen-bond donors (Lipinski definition) is 0. The molecule has 0 bridgehead atoms. The van der Waals surface area contributed by atoms with Gasteiger partial charge in [-0.15, -0.1) is 0 Å². The van der Waals surface area contributed by atoms with Crippen LogP contribution >= 0.6 is 0 Å². The molecule has 0 aromatic heterocycles. The quantitative estimate of drug-likeness (QED) is 0.586. The largest absolute Gasteiger partial charge is 0.343 e. The first-order valence-corrected chi connectivity index (χ1v) is 4.36. The maximum absolute atomic E-state index is 11.1. The summed E-state index contributed by atoms with van der Waals surface area (Å²) in [4.78, 5) is 23.7. The van der Waals surface area contributed by atoms with Gasteiger partial charge in [0, 0.05) is 32.9 Å². The Morgan fingerprint density at radius 3 is 2.75 bits per heavy atom. The van der Waals surface area contributed by atoms with Crippen LogP contribution in [-0.4, -0.2) is 29.7 Å². The zero-order valence-corrected chi connectivity index (χ0v) is 7.67. The molecule has 1 aliphatic rings. The number of amides is 1. The minimum absolute atomic E-state index is 0.0506. The molecule has 1 rings (SSSR count). The fourth-order valence-electron chi connectivity index (χ4n) is 1.59. The highest BCUT2D eigenvalue weighted by atomic mass is 16.2. The van der Waals surface area contributed by atoms with Crippen LogP contribution in [0.2, 0.25) is 0 Å². The minimum atomic E-state index is 0.0506. The molecule has 1 aliphatic carbocycles. The van der Waals surface area contributed by atoms with Crippen LogP contribution in [0.1, 0.15) is 32.6 Å². The van der Waals surface area contributed by atoms with E-state index in [1.165, 1.54) is 0 Å². The number of ketones is 1. The highest BCUT2D eigenvalue weighted by molar-refractivity contribution is 5.81. The smallest absolute Gasteiger partial charge is 0.219 e. The van der Waals surface area contributed by atoms with Gasteiger partial charge >= 0.3 is 0 Å². The van der Waals surface area contributed by atoms with E-state index in [2.05, 4.69) is 0 Å². The molecule has 3 heteroatoms. The Hall–Kier alpha value is -0.860. The average molecular weight is 169 g/mol. The van der Waals surface area contributed by atoms with Crippen LogP contribution in [0, 0.1) is 0 Å². The van der Waals surface area contributed by atoms with E-state index in [4.69, 9.17) is 0 Å². The Kier molecular flexibility index (Phi) is 2.84. The zero-order valence-electron chi connectivity index (χ0n) is 7.67. The van der Waals surface area contributed by atoms with Gasteiger partial charge in [-0.05, 0) is 12.8 Å². The molecule has 1 amide bonds. The molecule has 68 valence electrons. The third-order valence-electron chi connectivity index (χ3n) is 2.50. The molecule has 1 saturated carbocycles. The van der Waals surface area contributed by atoms with Gasteiger partial charge in [0.05, 0.1) is 0 Å². The van der Waals surface area contributed by atoms with E-state index in [9.17, 15) is 9.59 Å². The molecule has 0 spiro atoms.